The molecule has 2 aromatic heterocycles. The minimum Gasteiger partial charge on any atom is -0.370 e. The summed E-state index contributed by atoms with van der Waals surface area (Å²) in [6, 6.07) is 8.90. The number of nitrogens with zero attached hydrogens (tertiary/aromatic N) is 1. The van der Waals surface area contributed by atoms with Gasteiger partial charge in [0.05, 0.1) is 0 Å². The zero-order valence-electron chi connectivity index (χ0n) is 13.1. The van der Waals surface area contributed by atoms with Gasteiger partial charge >= 0.3 is 0 Å². The van der Waals surface area contributed by atoms with E-state index in [9.17, 15) is 4.39 Å². The van der Waals surface area contributed by atoms with E-state index in [1.807, 2.05) is 12.3 Å². The number of aliphatic imine (C=N–C) groups is 1. The Kier molecular flexibility index (Phi) is 7.04. The number of nitrogens with two attached hydrogens (primary N) is 1. The lowest BCUT2D eigenvalue weighted by molar-refractivity contribution is 0.629. The van der Waals surface area contributed by atoms with Crippen LogP contribution in [0.1, 0.15) is 10.4 Å². The number of guanidine groups is 1. The molecule has 0 spiro atoms. The topological polar surface area (TPSA) is 66.2 Å². The molecule has 4 nitrogen and oxygen atoms in total. The minimum absolute atomic E-state index is 0. The van der Waals surface area contributed by atoms with E-state index in [1.54, 1.807) is 23.5 Å². The lowest BCUT2D eigenvalue weighted by Crippen LogP contribution is -2.33. The van der Waals surface area contributed by atoms with Crippen LogP contribution >= 0.6 is 35.3 Å². The molecule has 4 N–H and O–H groups in total. The fraction of sp³-hybridized carbons (Fsp3) is 0.235. The first-order valence-electron chi connectivity index (χ1n) is 7.54. The molecule has 7 heteroatoms. The highest BCUT2D eigenvalue weighted by Gasteiger charge is 2.04. The second-order valence-corrected chi connectivity index (χ2v) is 6.31. The maximum Gasteiger partial charge on any atom is 0.188 e. The predicted octanol–water partition coefficient (Wildman–Crippen LogP) is 3.68. The molecule has 0 amide bonds. The Morgan fingerprint density at radius 3 is 2.96 bits per heavy atom. The van der Waals surface area contributed by atoms with Crippen LogP contribution in [0.25, 0.3) is 10.9 Å². The molecule has 24 heavy (non-hydrogen) atoms. The molecule has 0 aliphatic heterocycles. The molecule has 0 bridgehead atoms. The number of hydrogen-bond donors (Lipinski definition) is 3. The van der Waals surface area contributed by atoms with Gasteiger partial charge in [0.1, 0.15) is 5.82 Å². The number of aromatic amines is 1. The van der Waals surface area contributed by atoms with Gasteiger partial charge in [-0.05, 0) is 41.6 Å². The van der Waals surface area contributed by atoms with Crippen LogP contribution in [0.15, 0.2) is 46.9 Å². The number of thiophene rings is 1. The molecule has 2 heterocycles. The van der Waals surface area contributed by atoms with Crippen LogP contribution in [0.4, 0.5) is 4.39 Å². The molecule has 0 aliphatic rings. The van der Waals surface area contributed by atoms with Gasteiger partial charge in [0, 0.05) is 41.5 Å². The zero-order chi connectivity index (χ0) is 16.1. The van der Waals surface area contributed by atoms with Gasteiger partial charge in [0.25, 0.3) is 0 Å². The van der Waals surface area contributed by atoms with Crippen LogP contribution in [0.5, 0.6) is 0 Å². The molecule has 0 radical (unpaired) electrons. The van der Waals surface area contributed by atoms with Crippen molar-refractivity contribution in [3.8, 4) is 0 Å². The molecule has 128 valence electrons. The number of aromatic nitrogens is 1. The van der Waals surface area contributed by atoms with E-state index in [2.05, 4.69) is 26.7 Å². The maximum absolute atomic E-state index is 13.3. The predicted molar refractivity (Wildman–Crippen MR) is 110 cm³/mol. The SMILES string of the molecule is I.NC(=NCCc1cccs1)NCCc1c[nH]c2ccc(F)cc12. The Morgan fingerprint density at radius 2 is 2.17 bits per heavy atom. The van der Waals surface area contributed by atoms with Gasteiger partial charge in [-0.15, -0.1) is 35.3 Å². The van der Waals surface area contributed by atoms with Crippen LogP contribution < -0.4 is 11.1 Å². The summed E-state index contributed by atoms with van der Waals surface area (Å²) in [6.45, 7) is 1.34. The number of rotatable bonds is 6. The summed E-state index contributed by atoms with van der Waals surface area (Å²) in [4.78, 5) is 8.77. The second-order valence-electron chi connectivity index (χ2n) is 5.28. The monoisotopic (exact) mass is 458 g/mol. The summed E-state index contributed by atoms with van der Waals surface area (Å²) in [6.07, 6.45) is 3.57. The normalized spacial score (nSPS) is 11.5. The number of nitrogens with one attached hydrogen (secondary N) is 2. The van der Waals surface area contributed by atoms with E-state index >= 15 is 0 Å². The van der Waals surface area contributed by atoms with Gasteiger partial charge in [-0.25, -0.2) is 4.39 Å². The standard InChI is InChI=1S/C17H19FN4S.HI/c18-13-3-4-16-15(10-13)12(11-22-16)5-7-20-17(19)21-8-6-14-2-1-9-23-14;/h1-4,9-11,22H,5-8H2,(H3,19,20,21);1H. The summed E-state index contributed by atoms with van der Waals surface area (Å²) < 4.78 is 13.3. The van der Waals surface area contributed by atoms with Crippen LogP contribution in [-0.2, 0) is 12.8 Å². The number of hydrogen-bond acceptors (Lipinski definition) is 2. The van der Waals surface area contributed by atoms with Crippen LogP contribution in [0.3, 0.4) is 0 Å². The first kappa shape index (κ1) is 18.7. The van der Waals surface area contributed by atoms with Crippen molar-refractivity contribution in [3.63, 3.8) is 0 Å². The molecule has 0 unspecified atom stereocenters. The van der Waals surface area contributed by atoms with Crippen LogP contribution in [-0.4, -0.2) is 24.0 Å². The highest BCUT2D eigenvalue weighted by atomic mass is 127. The number of fused-ring (bicyclic) bond motifs is 1. The van der Waals surface area contributed by atoms with E-state index in [1.165, 1.54) is 10.9 Å². The fourth-order valence-corrected chi connectivity index (χ4v) is 3.18. The van der Waals surface area contributed by atoms with Crippen molar-refractivity contribution in [3.05, 3.63) is 58.2 Å². The van der Waals surface area contributed by atoms with E-state index in [0.29, 0.717) is 19.0 Å². The van der Waals surface area contributed by atoms with E-state index < -0.39 is 0 Å². The summed E-state index contributed by atoms with van der Waals surface area (Å²) in [5.41, 5.74) is 7.88. The Bertz CT molecular complexity index is 798. The average Bonchev–Trinajstić information content (AvgIpc) is 3.17. The van der Waals surface area contributed by atoms with Gasteiger partial charge in [-0.1, -0.05) is 6.07 Å². The third-order valence-corrected chi connectivity index (χ3v) is 4.59. The molecular formula is C17H20FIN4S. The van der Waals surface area contributed by atoms with Crippen molar-refractivity contribution < 1.29 is 4.39 Å². The molecule has 1 aromatic carbocycles. The van der Waals surface area contributed by atoms with Gasteiger partial charge in [0.15, 0.2) is 5.96 Å². The van der Waals surface area contributed by atoms with Gasteiger partial charge < -0.3 is 16.0 Å². The Balaban J connectivity index is 0.00000208. The fourth-order valence-electron chi connectivity index (χ4n) is 2.48. The lowest BCUT2D eigenvalue weighted by Gasteiger charge is -2.05. The van der Waals surface area contributed by atoms with Crippen LogP contribution in [0, 0.1) is 5.82 Å². The lowest BCUT2D eigenvalue weighted by atomic mass is 10.1. The van der Waals surface area contributed by atoms with Crippen molar-refractivity contribution in [1.29, 1.82) is 0 Å². The van der Waals surface area contributed by atoms with Crippen molar-refractivity contribution >= 4 is 52.2 Å². The summed E-state index contributed by atoms with van der Waals surface area (Å²) in [5.74, 6) is 0.230. The van der Waals surface area contributed by atoms with E-state index in [4.69, 9.17) is 5.73 Å². The van der Waals surface area contributed by atoms with Crippen molar-refractivity contribution in [1.82, 2.24) is 10.3 Å². The molecular weight excluding hydrogens is 438 g/mol. The van der Waals surface area contributed by atoms with Crippen molar-refractivity contribution in [2.45, 2.75) is 12.8 Å². The maximum atomic E-state index is 13.3. The first-order valence-corrected chi connectivity index (χ1v) is 8.42. The largest absolute Gasteiger partial charge is 0.370 e. The molecule has 0 fully saturated rings. The second kappa shape index (κ2) is 9.03. The molecule has 0 saturated heterocycles. The van der Waals surface area contributed by atoms with E-state index in [0.717, 1.165) is 29.3 Å². The summed E-state index contributed by atoms with van der Waals surface area (Å²) >= 11 is 1.73. The van der Waals surface area contributed by atoms with E-state index in [-0.39, 0.29) is 29.8 Å². The Labute approximate surface area is 161 Å². The summed E-state index contributed by atoms with van der Waals surface area (Å²) in [7, 11) is 0. The van der Waals surface area contributed by atoms with Gasteiger partial charge in [-0.2, -0.15) is 0 Å². The third kappa shape index (κ3) is 4.94. The van der Waals surface area contributed by atoms with Crippen molar-refractivity contribution in [2.24, 2.45) is 10.7 Å². The third-order valence-electron chi connectivity index (χ3n) is 3.65. The minimum atomic E-state index is -0.221. The number of H-pyrrole nitrogens is 1. The molecule has 3 aromatic rings. The van der Waals surface area contributed by atoms with Crippen LogP contribution in [0.2, 0.25) is 0 Å². The molecule has 3 rings (SSSR count). The molecule has 0 atom stereocenters. The van der Waals surface area contributed by atoms with Crippen molar-refractivity contribution in [2.75, 3.05) is 13.1 Å². The number of benzene rings is 1. The van der Waals surface area contributed by atoms with Gasteiger partial charge in [-0.3, -0.25) is 4.99 Å². The highest BCUT2D eigenvalue weighted by molar-refractivity contribution is 14.0. The molecule has 0 aliphatic carbocycles. The zero-order valence-corrected chi connectivity index (χ0v) is 16.2. The average molecular weight is 458 g/mol. The first-order chi connectivity index (χ1) is 11.2. The summed E-state index contributed by atoms with van der Waals surface area (Å²) in [5, 5.41) is 6.08. The molecule has 0 saturated carbocycles. The quantitative estimate of drug-likeness (QED) is 0.300. The van der Waals surface area contributed by atoms with Gasteiger partial charge in [0.2, 0.25) is 0 Å². The smallest absolute Gasteiger partial charge is 0.188 e. The Morgan fingerprint density at radius 1 is 1.29 bits per heavy atom. The number of halogens is 2. The highest BCUT2D eigenvalue weighted by Crippen LogP contribution is 2.19. The Hall–Kier alpha value is -1.61.